The van der Waals surface area contributed by atoms with Gasteiger partial charge in [-0.25, -0.2) is 9.59 Å². The molecule has 1 heterocycles. The summed E-state index contributed by atoms with van der Waals surface area (Å²) in [6.07, 6.45) is 2.89. The molecule has 6 heteroatoms. The van der Waals surface area contributed by atoms with Gasteiger partial charge in [-0.3, -0.25) is 4.98 Å². The Morgan fingerprint density at radius 2 is 1.77 bits per heavy atom. The van der Waals surface area contributed by atoms with Crippen molar-refractivity contribution in [3.05, 3.63) is 66.0 Å². The SMILES string of the molecule is CC(C)(C)OC(=O)N[C@@H](Cc1cccnc1)C(=O)OCc1ccccc1. The Morgan fingerprint density at radius 1 is 1.08 bits per heavy atom. The number of esters is 1. The average molecular weight is 356 g/mol. The Labute approximate surface area is 153 Å². The predicted octanol–water partition coefficient (Wildman–Crippen LogP) is 3.26. The van der Waals surface area contributed by atoms with E-state index >= 15 is 0 Å². The fourth-order valence-electron chi connectivity index (χ4n) is 2.23. The van der Waals surface area contributed by atoms with Crippen LogP contribution in [0.25, 0.3) is 0 Å². The summed E-state index contributed by atoms with van der Waals surface area (Å²) in [6, 6.07) is 12.1. The molecule has 1 N–H and O–H groups in total. The number of amides is 1. The van der Waals surface area contributed by atoms with E-state index in [1.54, 1.807) is 39.2 Å². The number of hydrogen-bond acceptors (Lipinski definition) is 5. The highest BCUT2D eigenvalue weighted by atomic mass is 16.6. The molecule has 2 aromatic rings. The maximum absolute atomic E-state index is 12.5. The summed E-state index contributed by atoms with van der Waals surface area (Å²) < 4.78 is 10.6. The molecule has 6 nitrogen and oxygen atoms in total. The van der Waals surface area contributed by atoms with Crippen LogP contribution in [-0.2, 0) is 27.3 Å². The summed E-state index contributed by atoms with van der Waals surface area (Å²) in [7, 11) is 0. The molecule has 138 valence electrons. The third-order valence-electron chi connectivity index (χ3n) is 3.36. The molecule has 2 rings (SSSR count). The highest BCUT2D eigenvalue weighted by Crippen LogP contribution is 2.10. The van der Waals surface area contributed by atoms with Crippen molar-refractivity contribution in [1.29, 1.82) is 0 Å². The highest BCUT2D eigenvalue weighted by molar-refractivity contribution is 5.81. The zero-order chi connectivity index (χ0) is 19.0. The lowest BCUT2D eigenvalue weighted by atomic mass is 10.1. The summed E-state index contributed by atoms with van der Waals surface area (Å²) in [5.74, 6) is -0.524. The van der Waals surface area contributed by atoms with Crippen molar-refractivity contribution in [1.82, 2.24) is 10.3 Å². The molecule has 1 aromatic carbocycles. The molecule has 0 bridgehead atoms. The van der Waals surface area contributed by atoms with Gasteiger partial charge in [0.1, 0.15) is 18.2 Å². The summed E-state index contributed by atoms with van der Waals surface area (Å²) in [5.41, 5.74) is 1.03. The zero-order valence-electron chi connectivity index (χ0n) is 15.3. The smallest absolute Gasteiger partial charge is 0.408 e. The van der Waals surface area contributed by atoms with Crippen LogP contribution in [0.2, 0.25) is 0 Å². The van der Waals surface area contributed by atoms with E-state index in [-0.39, 0.29) is 13.0 Å². The lowest BCUT2D eigenvalue weighted by Gasteiger charge is -2.23. The molecule has 0 spiro atoms. The number of benzene rings is 1. The van der Waals surface area contributed by atoms with Crippen molar-refractivity contribution in [2.75, 3.05) is 0 Å². The van der Waals surface area contributed by atoms with Crippen LogP contribution in [0, 0.1) is 0 Å². The van der Waals surface area contributed by atoms with Crippen molar-refractivity contribution in [2.24, 2.45) is 0 Å². The molecule has 0 unspecified atom stereocenters. The molecule has 0 saturated heterocycles. The van der Waals surface area contributed by atoms with E-state index < -0.39 is 23.7 Å². The van der Waals surface area contributed by atoms with E-state index in [0.717, 1.165) is 11.1 Å². The van der Waals surface area contributed by atoms with Crippen LogP contribution in [0.3, 0.4) is 0 Å². The topological polar surface area (TPSA) is 77.5 Å². The number of pyridine rings is 1. The van der Waals surface area contributed by atoms with Gasteiger partial charge in [0.25, 0.3) is 0 Å². The standard InChI is InChI=1S/C20H24N2O4/c1-20(2,3)26-19(24)22-17(12-16-10-7-11-21-13-16)18(23)25-14-15-8-5-4-6-9-15/h4-11,13,17H,12,14H2,1-3H3,(H,22,24)/t17-/m0/s1. The Morgan fingerprint density at radius 3 is 2.38 bits per heavy atom. The molecule has 0 fully saturated rings. The van der Waals surface area contributed by atoms with E-state index in [9.17, 15) is 9.59 Å². The van der Waals surface area contributed by atoms with Crippen LogP contribution < -0.4 is 5.32 Å². The van der Waals surface area contributed by atoms with Gasteiger partial charge in [0.05, 0.1) is 0 Å². The van der Waals surface area contributed by atoms with E-state index in [1.165, 1.54) is 0 Å². The van der Waals surface area contributed by atoms with Crippen LogP contribution in [0.5, 0.6) is 0 Å². The van der Waals surface area contributed by atoms with Gasteiger partial charge in [-0.1, -0.05) is 36.4 Å². The second kappa shape index (κ2) is 8.99. The van der Waals surface area contributed by atoms with Gasteiger partial charge in [-0.2, -0.15) is 0 Å². The molecule has 0 aliphatic carbocycles. The first-order valence-electron chi connectivity index (χ1n) is 8.42. The highest BCUT2D eigenvalue weighted by Gasteiger charge is 2.26. The van der Waals surface area contributed by atoms with E-state index in [0.29, 0.717) is 0 Å². The maximum atomic E-state index is 12.5. The monoisotopic (exact) mass is 356 g/mol. The maximum Gasteiger partial charge on any atom is 0.408 e. The first-order chi connectivity index (χ1) is 12.3. The number of nitrogens with one attached hydrogen (secondary N) is 1. The first-order valence-corrected chi connectivity index (χ1v) is 8.42. The van der Waals surface area contributed by atoms with Crippen molar-refractivity contribution in [2.45, 2.75) is 45.4 Å². The number of carbonyl (C=O) groups excluding carboxylic acids is 2. The number of nitrogens with zero attached hydrogens (tertiary/aromatic N) is 1. The minimum Gasteiger partial charge on any atom is -0.459 e. The third-order valence-corrected chi connectivity index (χ3v) is 3.36. The van der Waals surface area contributed by atoms with Crippen LogP contribution in [-0.4, -0.2) is 28.7 Å². The number of aromatic nitrogens is 1. The van der Waals surface area contributed by atoms with Crippen molar-refractivity contribution in [3.63, 3.8) is 0 Å². The fraction of sp³-hybridized carbons (Fsp3) is 0.350. The summed E-state index contributed by atoms with van der Waals surface area (Å²) in [5, 5.41) is 2.59. The normalized spacial score (nSPS) is 12.1. The Kier molecular flexibility index (Phi) is 6.72. The first kappa shape index (κ1) is 19.4. The van der Waals surface area contributed by atoms with Crippen LogP contribution in [0.15, 0.2) is 54.9 Å². The van der Waals surface area contributed by atoms with Crippen molar-refractivity contribution >= 4 is 12.1 Å². The molecule has 0 aliphatic heterocycles. The minimum atomic E-state index is -0.863. The molecule has 0 saturated carbocycles. The molecular formula is C20H24N2O4. The molecule has 0 aliphatic rings. The molecular weight excluding hydrogens is 332 g/mol. The number of carbonyl (C=O) groups is 2. The van der Waals surface area contributed by atoms with Crippen molar-refractivity contribution in [3.8, 4) is 0 Å². The van der Waals surface area contributed by atoms with Gasteiger partial charge in [0.2, 0.25) is 0 Å². The molecule has 1 amide bonds. The van der Waals surface area contributed by atoms with Crippen molar-refractivity contribution < 1.29 is 19.1 Å². The van der Waals surface area contributed by atoms with Gasteiger partial charge < -0.3 is 14.8 Å². The van der Waals surface area contributed by atoms with Gasteiger partial charge in [-0.05, 0) is 38.0 Å². The van der Waals surface area contributed by atoms with E-state index in [4.69, 9.17) is 9.47 Å². The quantitative estimate of drug-likeness (QED) is 0.804. The Hall–Kier alpha value is -2.89. The van der Waals surface area contributed by atoms with Crippen LogP contribution in [0.1, 0.15) is 31.9 Å². The molecule has 0 radical (unpaired) electrons. The predicted molar refractivity (Wildman–Crippen MR) is 97.3 cm³/mol. The lowest BCUT2D eigenvalue weighted by molar-refractivity contribution is -0.147. The lowest BCUT2D eigenvalue weighted by Crippen LogP contribution is -2.45. The fourth-order valence-corrected chi connectivity index (χ4v) is 2.23. The number of hydrogen-bond donors (Lipinski definition) is 1. The summed E-state index contributed by atoms with van der Waals surface area (Å²) >= 11 is 0. The Balaban J connectivity index is 2.03. The number of rotatable bonds is 6. The Bertz CT molecular complexity index is 712. The molecule has 1 atom stereocenters. The van der Waals surface area contributed by atoms with E-state index in [1.807, 2.05) is 36.4 Å². The minimum absolute atomic E-state index is 0.138. The summed E-state index contributed by atoms with van der Waals surface area (Å²) in [6.45, 7) is 5.42. The second-order valence-corrected chi connectivity index (χ2v) is 6.86. The molecule has 1 aromatic heterocycles. The zero-order valence-corrected chi connectivity index (χ0v) is 15.3. The van der Waals surface area contributed by atoms with E-state index in [2.05, 4.69) is 10.3 Å². The molecule has 26 heavy (non-hydrogen) atoms. The summed E-state index contributed by atoms with van der Waals surface area (Å²) in [4.78, 5) is 28.6. The van der Waals surface area contributed by atoms with Crippen LogP contribution in [0.4, 0.5) is 4.79 Å². The second-order valence-electron chi connectivity index (χ2n) is 6.86. The largest absolute Gasteiger partial charge is 0.459 e. The van der Waals surface area contributed by atoms with Gasteiger partial charge in [0, 0.05) is 18.8 Å². The third kappa shape index (κ3) is 6.93. The van der Waals surface area contributed by atoms with Gasteiger partial charge in [-0.15, -0.1) is 0 Å². The number of ether oxygens (including phenoxy) is 2. The average Bonchev–Trinajstić information content (AvgIpc) is 2.59. The van der Waals surface area contributed by atoms with Crippen LogP contribution >= 0.6 is 0 Å². The van der Waals surface area contributed by atoms with Gasteiger partial charge in [0.15, 0.2) is 0 Å². The number of alkyl carbamates (subject to hydrolysis) is 1. The van der Waals surface area contributed by atoms with Gasteiger partial charge >= 0.3 is 12.1 Å².